The molecule has 0 spiro atoms. The van der Waals surface area contributed by atoms with E-state index in [1.807, 2.05) is 13.8 Å². The molecule has 0 aromatic carbocycles. The first-order chi connectivity index (χ1) is 5.56. The van der Waals surface area contributed by atoms with E-state index in [0.29, 0.717) is 12.3 Å². The van der Waals surface area contributed by atoms with Crippen LogP contribution >= 0.6 is 0 Å². The standard InChI is InChI=1S/C10H19NO/c1-5-10(12)6-9(4)11-7-8(2)3/h6,8,11H,5,7H2,1-4H3/b9-6-. The molecule has 0 atom stereocenters. The van der Waals surface area contributed by atoms with Crippen LogP contribution < -0.4 is 5.32 Å². The Kier molecular flexibility index (Phi) is 5.43. The Labute approximate surface area is 75.0 Å². The molecule has 0 unspecified atom stereocenters. The normalized spacial score (nSPS) is 11.9. The van der Waals surface area contributed by atoms with Gasteiger partial charge in [-0.2, -0.15) is 0 Å². The first kappa shape index (κ1) is 11.2. The van der Waals surface area contributed by atoms with E-state index < -0.39 is 0 Å². The van der Waals surface area contributed by atoms with Crippen LogP contribution in [0.5, 0.6) is 0 Å². The minimum Gasteiger partial charge on any atom is -0.388 e. The summed E-state index contributed by atoms with van der Waals surface area (Å²) in [4.78, 5) is 11.0. The summed E-state index contributed by atoms with van der Waals surface area (Å²) in [6, 6.07) is 0. The summed E-state index contributed by atoms with van der Waals surface area (Å²) in [6.07, 6.45) is 2.25. The molecule has 0 radical (unpaired) electrons. The van der Waals surface area contributed by atoms with E-state index in [2.05, 4.69) is 19.2 Å². The van der Waals surface area contributed by atoms with Crippen LogP contribution in [0.4, 0.5) is 0 Å². The molecule has 0 saturated carbocycles. The molecule has 0 aliphatic carbocycles. The molecule has 2 heteroatoms. The van der Waals surface area contributed by atoms with Gasteiger partial charge in [-0.1, -0.05) is 20.8 Å². The molecule has 0 bridgehead atoms. The Bertz CT molecular complexity index is 171. The predicted molar refractivity (Wildman–Crippen MR) is 51.9 cm³/mol. The van der Waals surface area contributed by atoms with E-state index in [1.165, 1.54) is 0 Å². The van der Waals surface area contributed by atoms with E-state index >= 15 is 0 Å². The van der Waals surface area contributed by atoms with Gasteiger partial charge in [-0.25, -0.2) is 0 Å². The van der Waals surface area contributed by atoms with Gasteiger partial charge in [-0.05, 0) is 18.9 Å². The Morgan fingerprint density at radius 3 is 2.50 bits per heavy atom. The average Bonchev–Trinajstić information content (AvgIpc) is 2.00. The van der Waals surface area contributed by atoms with Crippen molar-refractivity contribution in [2.45, 2.75) is 34.1 Å². The van der Waals surface area contributed by atoms with Gasteiger partial charge in [0.15, 0.2) is 5.78 Å². The first-order valence-corrected chi connectivity index (χ1v) is 4.51. The molecule has 12 heavy (non-hydrogen) atoms. The largest absolute Gasteiger partial charge is 0.388 e. The molecule has 2 nitrogen and oxygen atoms in total. The number of allylic oxidation sites excluding steroid dienone is 2. The van der Waals surface area contributed by atoms with Gasteiger partial charge in [0.2, 0.25) is 0 Å². The highest BCUT2D eigenvalue weighted by molar-refractivity contribution is 5.89. The number of rotatable bonds is 5. The summed E-state index contributed by atoms with van der Waals surface area (Å²) in [5, 5.41) is 3.19. The third-order valence-electron chi connectivity index (χ3n) is 1.52. The van der Waals surface area contributed by atoms with E-state index in [4.69, 9.17) is 0 Å². The lowest BCUT2D eigenvalue weighted by Gasteiger charge is -2.08. The highest BCUT2D eigenvalue weighted by Crippen LogP contribution is 1.94. The zero-order chi connectivity index (χ0) is 9.56. The van der Waals surface area contributed by atoms with Crippen molar-refractivity contribution in [3.05, 3.63) is 11.8 Å². The summed E-state index contributed by atoms with van der Waals surface area (Å²) in [5.74, 6) is 0.800. The van der Waals surface area contributed by atoms with Crippen LogP contribution in [0.25, 0.3) is 0 Å². The van der Waals surface area contributed by atoms with E-state index in [-0.39, 0.29) is 5.78 Å². The van der Waals surface area contributed by atoms with E-state index in [1.54, 1.807) is 6.08 Å². The minimum atomic E-state index is 0.184. The fraction of sp³-hybridized carbons (Fsp3) is 0.700. The lowest BCUT2D eigenvalue weighted by Crippen LogP contribution is -2.18. The van der Waals surface area contributed by atoms with Crippen molar-refractivity contribution >= 4 is 5.78 Å². The van der Waals surface area contributed by atoms with Gasteiger partial charge in [0.05, 0.1) is 0 Å². The van der Waals surface area contributed by atoms with Crippen LogP contribution in [-0.2, 0) is 4.79 Å². The van der Waals surface area contributed by atoms with Crippen LogP contribution in [0.3, 0.4) is 0 Å². The number of hydrogen-bond acceptors (Lipinski definition) is 2. The first-order valence-electron chi connectivity index (χ1n) is 4.51. The fourth-order valence-corrected chi connectivity index (χ4v) is 0.760. The Balaban J connectivity index is 3.78. The van der Waals surface area contributed by atoms with Crippen molar-refractivity contribution in [1.82, 2.24) is 5.32 Å². The summed E-state index contributed by atoms with van der Waals surface area (Å²) < 4.78 is 0. The van der Waals surface area contributed by atoms with Crippen molar-refractivity contribution in [2.24, 2.45) is 5.92 Å². The zero-order valence-corrected chi connectivity index (χ0v) is 8.48. The molecule has 0 aromatic heterocycles. The average molecular weight is 169 g/mol. The van der Waals surface area contributed by atoms with Crippen LogP contribution in [0, 0.1) is 5.92 Å². The lowest BCUT2D eigenvalue weighted by atomic mass is 10.2. The molecule has 1 N–H and O–H groups in total. The second-order valence-corrected chi connectivity index (χ2v) is 3.42. The second kappa shape index (κ2) is 5.81. The molecule has 0 aliphatic heterocycles. The molecule has 0 saturated heterocycles. The van der Waals surface area contributed by atoms with E-state index in [9.17, 15) is 4.79 Å². The van der Waals surface area contributed by atoms with Gasteiger partial charge in [0, 0.05) is 18.7 Å². The SMILES string of the molecule is CCC(=O)/C=C(/C)NCC(C)C. The van der Waals surface area contributed by atoms with Crippen LogP contribution in [0.1, 0.15) is 34.1 Å². The molecule has 0 amide bonds. The number of carbonyl (C=O) groups is 1. The lowest BCUT2D eigenvalue weighted by molar-refractivity contribution is -0.114. The molecule has 0 fully saturated rings. The molecule has 0 aromatic rings. The van der Waals surface area contributed by atoms with Crippen LogP contribution in [0.15, 0.2) is 11.8 Å². The number of carbonyl (C=O) groups excluding carboxylic acids is 1. The Morgan fingerprint density at radius 2 is 2.08 bits per heavy atom. The van der Waals surface area contributed by atoms with Gasteiger partial charge in [-0.3, -0.25) is 4.79 Å². The van der Waals surface area contributed by atoms with Gasteiger partial charge >= 0.3 is 0 Å². The van der Waals surface area contributed by atoms with Gasteiger partial charge in [0.25, 0.3) is 0 Å². The quantitative estimate of drug-likeness (QED) is 0.639. The molecule has 0 rings (SSSR count). The van der Waals surface area contributed by atoms with Crippen LogP contribution in [-0.4, -0.2) is 12.3 Å². The summed E-state index contributed by atoms with van der Waals surface area (Å²) in [6.45, 7) is 9.01. The number of hydrogen-bond donors (Lipinski definition) is 1. The van der Waals surface area contributed by atoms with Crippen molar-refractivity contribution in [1.29, 1.82) is 0 Å². The third-order valence-corrected chi connectivity index (χ3v) is 1.52. The zero-order valence-electron chi connectivity index (χ0n) is 8.48. The van der Waals surface area contributed by atoms with Crippen molar-refractivity contribution in [2.75, 3.05) is 6.54 Å². The highest BCUT2D eigenvalue weighted by Gasteiger charge is 1.95. The molecular formula is C10H19NO. The molecular weight excluding hydrogens is 150 g/mol. The topological polar surface area (TPSA) is 29.1 Å². The maximum absolute atomic E-state index is 11.0. The molecule has 0 aliphatic rings. The van der Waals surface area contributed by atoms with Crippen molar-refractivity contribution in [3.63, 3.8) is 0 Å². The summed E-state index contributed by atoms with van der Waals surface area (Å²) >= 11 is 0. The fourth-order valence-electron chi connectivity index (χ4n) is 0.760. The summed E-state index contributed by atoms with van der Waals surface area (Å²) in [5.41, 5.74) is 0.968. The maximum Gasteiger partial charge on any atom is 0.157 e. The second-order valence-electron chi connectivity index (χ2n) is 3.42. The van der Waals surface area contributed by atoms with Gasteiger partial charge < -0.3 is 5.32 Å². The predicted octanol–water partition coefficient (Wildman–Crippen LogP) is 2.11. The van der Waals surface area contributed by atoms with Gasteiger partial charge in [0.1, 0.15) is 0 Å². The number of nitrogens with one attached hydrogen (secondary N) is 1. The Morgan fingerprint density at radius 1 is 1.50 bits per heavy atom. The van der Waals surface area contributed by atoms with E-state index in [0.717, 1.165) is 12.2 Å². The minimum absolute atomic E-state index is 0.184. The van der Waals surface area contributed by atoms with Crippen molar-refractivity contribution in [3.8, 4) is 0 Å². The Hall–Kier alpha value is -0.790. The smallest absolute Gasteiger partial charge is 0.157 e. The monoisotopic (exact) mass is 169 g/mol. The maximum atomic E-state index is 11.0. The third kappa shape index (κ3) is 5.96. The molecule has 0 heterocycles. The summed E-state index contributed by atoms with van der Waals surface area (Å²) in [7, 11) is 0. The number of ketones is 1. The van der Waals surface area contributed by atoms with Crippen molar-refractivity contribution < 1.29 is 4.79 Å². The molecule has 70 valence electrons. The highest BCUT2D eigenvalue weighted by atomic mass is 16.1. The van der Waals surface area contributed by atoms with Gasteiger partial charge in [-0.15, -0.1) is 0 Å². The van der Waals surface area contributed by atoms with Crippen LogP contribution in [0.2, 0.25) is 0 Å².